The monoisotopic (exact) mass is 349 g/mol. The zero-order valence-electron chi connectivity index (χ0n) is 14.9. The number of carbonyl (C=O) groups is 1. The summed E-state index contributed by atoms with van der Waals surface area (Å²) in [6.07, 6.45) is 1.09. The molecular weight excluding hydrogens is 326 g/mol. The summed E-state index contributed by atoms with van der Waals surface area (Å²) >= 11 is 0. The number of rotatable bonds is 3. The normalized spacial score (nSPS) is 21.0. The molecule has 1 fully saturated rings. The van der Waals surface area contributed by atoms with Crippen LogP contribution < -0.4 is 16.1 Å². The van der Waals surface area contributed by atoms with Crippen LogP contribution in [0.1, 0.15) is 20.3 Å². The molecule has 3 rings (SSSR count). The molecule has 0 amide bonds. The van der Waals surface area contributed by atoms with E-state index in [0.29, 0.717) is 17.8 Å². The molecule has 1 saturated heterocycles. The van der Waals surface area contributed by atoms with Gasteiger partial charge in [-0.2, -0.15) is 4.98 Å². The number of carboxylic acids is 1. The van der Waals surface area contributed by atoms with Crippen molar-refractivity contribution in [1.82, 2.24) is 18.7 Å². The topological polar surface area (TPSA) is 102 Å². The second-order valence-electron chi connectivity index (χ2n) is 7.12. The number of carboxylic acid groups (broad SMARTS) is 1. The van der Waals surface area contributed by atoms with Crippen LogP contribution in [-0.4, -0.2) is 42.9 Å². The van der Waals surface area contributed by atoms with E-state index in [-0.39, 0.29) is 17.7 Å². The van der Waals surface area contributed by atoms with Crippen molar-refractivity contribution in [3.63, 3.8) is 0 Å². The number of fused-ring (bicyclic) bond motifs is 1. The summed E-state index contributed by atoms with van der Waals surface area (Å²) in [5.74, 6) is 0.255. The lowest BCUT2D eigenvalue weighted by Crippen LogP contribution is -2.40. The lowest BCUT2D eigenvalue weighted by molar-refractivity contribution is -0.137. The summed E-state index contributed by atoms with van der Waals surface area (Å²) in [6, 6.07) is 0. The smallest absolute Gasteiger partial charge is 0.332 e. The van der Waals surface area contributed by atoms with E-state index in [1.807, 2.05) is 4.90 Å². The van der Waals surface area contributed by atoms with Crippen molar-refractivity contribution in [3.05, 3.63) is 20.8 Å². The average Bonchev–Trinajstić information content (AvgIpc) is 2.88. The van der Waals surface area contributed by atoms with Crippen molar-refractivity contribution in [2.75, 3.05) is 18.0 Å². The summed E-state index contributed by atoms with van der Waals surface area (Å²) in [6.45, 7) is 5.38. The number of piperidine rings is 1. The molecule has 0 bridgehead atoms. The van der Waals surface area contributed by atoms with Crippen molar-refractivity contribution in [2.24, 2.45) is 25.9 Å². The molecule has 136 valence electrons. The maximum atomic E-state index is 12.6. The Morgan fingerprint density at radius 1 is 1.16 bits per heavy atom. The molecule has 25 heavy (non-hydrogen) atoms. The molecule has 0 spiro atoms. The fourth-order valence-electron chi connectivity index (χ4n) is 3.79. The summed E-state index contributed by atoms with van der Waals surface area (Å²) in [5, 5.41) is 9.31. The predicted octanol–water partition coefficient (Wildman–Crippen LogP) is 0.000600. The van der Waals surface area contributed by atoms with Gasteiger partial charge in [0.25, 0.3) is 5.56 Å². The molecule has 9 nitrogen and oxygen atoms in total. The summed E-state index contributed by atoms with van der Waals surface area (Å²) in [7, 11) is 2.92. The molecule has 0 radical (unpaired) electrons. The zero-order valence-corrected chi connectivity index (χ0v) is 14.9. The Hall–Kier alpha value is -2.58. The molecule has 1 aliphatic heterocycles. The minimum atomic E-state index is -1.06. The van der Waals surface area contributed by atoms with Crippen LogP contribution in [0.25, 0.3) is 11.2 Å². The number of hydrogen-bond donors (Lipinski definition) is 1. The third kappa shape index (κ3) is 2.83. The highest BCUT2D eigenvalue weighted by atomic mass is 16.4. The highest BCUT2D eigenvalue weighted by Gasteiger charge is 2.28. The molecule has 0 aliphatic carbocycles. The highest BCUT2D eigenvalue weighted by molar-refractivity contribution is 5.78. The first-order valence-corrected chi connectivity index (χ1v) is 8.33. The quantitative estimate of drug-likeness (QED) is 0.837. The van der Waals surface area contributed by atoms with Gasteiger partial charge in [-0.1, -0.05) is 13.8 Å². The van der Waals surface area contributed by atoms with Crippen LogP contribution in [0.15, 0.2) is 9.59 Å². The number of hydrogen-bond acceptors (Lipinski definition) is 5. The number of imidazole rings is 1. The van der Waals surface area contributed by atoms with Crippen molar-refractivity contribution in [3.8, 4) is 0 Å². The van der Waals surface area contributed by atoms with Crippen molar-refractivity contribution in [1.29, 1.82) is 0 Å². The van der Waals surface area contributed by atoms with Gasteiger partial charge in [0, 0.05) is 27.2 Å². The van der Waals surface area contributed by atoms with Gasteiger partial charge in [0.1, 0.15) is 6.54 Å². The van der Waals surface area contributed by atoms with Gasteiger partial charge in [-0.3, -0.25) is 23.3 Å². The van der Waals surface area contributed by atoms with Gasteiger partial charge in [0.05, 0.1) is 0 Å². The summed E-state index contributed by atoms with van der Waals surface area (Å²) in [5.41, 5.74) is -0.649. The van der Waals surface area contributed by atoms with E-state index in [1.165, 1.54) is 23.2 Å². The Morgan fingerprint density at radius 3 is 2.32 bits per heavy atom. The fraction of sp³-hybridized carbons (Fsp3) is 0.625. The Morgan fingerprint density at radius 2 is 1.76 bits per heavy atom. The van der Waals surface area contributed by atoms with Gasteiger partial charge in [-0.25, -0.2) is 4.79 Å². The number of aromatic nitrogens is 4. The zero-order chi connectivity index (χ0) is 18.5. The van der Waals surface area contributed by atoms with E-state index in [0.717, 1.165) is 24.1 Å². The molecule has 2 aromatic rings. The molecule has 1 aliphatic rings. The Balaban J connectivity index is 2.30. The standard InChI is InChI=1S/C16H23N5O4/c1-9-5-10(2)7-20(6-9)15-17-13-12(21(15)8-11(22)23)14(24)19(4)16(25)18(13)3/h9-10H,5-8H2,1-4H3,(H,22,23)/t9-,10-/m0/s1. The molecule has 2 atom stereocenters. The van der Waals surface area contributed by atoms with Crippen LogP contribution in [-0.2, 0) is 25.4 Å². The minimum absolute atomic E-state index is 0.146. The minimum Gasteiger partial charge on any atom is -0.480 e. The first-order chi connectivity index (χ1) is 11.7. The molecule has 3 heterocycles. The van der Waals surface area contributed by atoms with Crippen LogP contribution in [0.5, 0.6) is 0 Å². The molecular formula is C16H23N5O4. The highest BCUT2D eigenvalue weighted by Crippen LogP contribution is 2.27. The lowest BCUT2D eigenvalue weighted by Gasteiger charge is -2.35. The van der Waals surface area contributed by atoms with E-state index < -0.39 is 17.2 Å². The Labute approximate surface area is 144 Å². The predicted molar refractivity (Wildman–Crippen MR) is 93.0 cm³/mol. The third-order valence-corrected chi connectivity index (χ3v) is 4.77. The van der Waals surface area contributed by atoms with Gasteiger partial charge in [-0.05, 0) is 18.3 Å². The molecule has 1 N–H and O–H groups in total. The maximum absolute atomic E-state index is 12.6. The Bertz CT molecular complexity index is 944. The first-order valence-electron chi connectivity index (χ1n) is 8.33. The van der Waals surface area contributed by atoms with Gasteiger partial charge in [-0.15, -0.1) is 0 Å². The van der Waals surface area contributed by atoms with Crippen LogP contribution in [0.3, 0.4) is 0 Å². The van der Waals surface area contributed by atoms with E-state index in [9.17, 15) is 19.5 Å². The number of nitrogens with zero attached hydrogens (tertiary/aromatic N) is 5. The van der Waals surface area contributed by atoms with E-state index >= 15 is 0 Å². The van der Waals surface area contributed by atoms with Gasteiger partial charge >= 0.3 is 11.7 Å². The number of aliphatic carboxylic acids is 1. The van der Waals surface area contributed by atoms with Gasteiger partial charge in [0.15, 0.2) is 11.2 Å². The second kappa shape index (κ2) is 6.05. The van der Waals surface area contributed by atoms with Crippen LogP contribution in [0.4, 0.5) is 5.95 Å². The van der Waals surface area contributed by atoms with E-state index in [2.05, 4.69) is 18.8 Å². The molecule has 9 heteroatoms. The first kappa shape index (κ1) is 17.2. The van der Waals surface area contributed by atoms with E-state index in [1.54, 1.807) is 0 Å². The third-order valence-electron chi connectivity index (χ3n) is 4.77. The number of anilines is 1. The maximum Gasteiger partial charge on any atom is 0.332 e. The Kier molecular flexibility index (Phi) is 4.18. The molecule has 0 aromatic carbocycles. The molecule has 2 aromatic heterocycles. The van der Waals surface area contributed by atoms with Crippen molar-refractivity contribution in [2.45, 2.75) is 26.8 Å². The second-order valence-corrected chi connectivity index (χ2v) is 7.12. The average molecular weight is 349 g/mol. The number of aryl methyl sites for hydroxylation is 1. The van der Waals surface area contributed by atoms with Gasteiger partial charge in [0.2, 0.25) is 5.95 Å². The van der Waals surface area contributed by atoms with Gasteiger partial charge < -0.3 is 10.0 Å². The van der Waals surface area contributed by atoms with Crippen LogP contribution in [0.2, 0.25) is 0 Å². The fourth-order valence-corrected chi connectivity index (χ4v) is 3.79. The SMILES string of the molecule is C[C@H]1C[C@H](C)CN(c2nc3c(c(=O)n(C)c(=O)n3C)n2CC(=O)O)C1. The van der Waals surface area contributed by atoms with E-state index in [4.69, 9.17) is 0 Å². The largest absolute Gasteiger partial charge is 0.480 e. The van der Waals surface area contributed by atoms with Crippen LogP contribution >= 0.6 is 0 Å². The lowest BCUT2D eigenvalue weighted by atomic mass is 9.92. The summed E-state index contributed by atoms with van der Waals surface area (Å²) < 4.78 is 3.69. The molecule has 0 unspecified atom stereocenters. The van der Waals surface area contributed by atoms with Crippen molar-refractivity contribution < 1.29 is 9.90 Å². The molecule has 0 saturated carbocycles. The van der Waals surface area contributed by atoms with Crippen molar-refractivity contribution >= 4 is 23.1 Å². The van der Waals surface area contributed by atoms with Crippen LogP contribution in [0, 0.1) is 11.8 Å². The summed E-state index contributed by atoms with van der Waals surface area (Å²) in [4.78, 5) is 42.7.